The van der Waals surface area contributed by atoms with E-state index in [4.69, 9.17) is 0 Å². The molecule has 6 heteroatoms. The van der Waals surface area contributed by atoms with Crippen molar-refractivity contribution in [2.75, 3.05) is 18.4 Å². The fourth-order valence-electron chi connectivity index (χ4n) is 3.38. The second kappa shape index (κ2) is 6.16. The third-order valence-electron chi connectivity index (χ3n) is 5.25. The van der Waals surface area contributed by atoms with Crippen LogP contribution >= 0.6 is 11.3 Å². The Kier molecular flexibility index (Phi) is 4.00. The molecule has 1 aromatic heterocycles. The highest BCUT2D eigenvalue weighted by Crippen LogP contribution is 2.53. The van der Waals surface area contributed by atoms with Gasteiger partial charge in [0.25, 0.3) is 0 Å². The van der Waals surface area contributed by atoms with Gasteiger partial charge in [0.2, 0.25) is 11.0 Å². The fourth-order valence-corrected chi connectivity index (χ4v) is 4.21. The molecule has 1 aliphatic heterocycles. The van der Waals surface area contributed by atoms with E-state index in [1.54, 1.807) is 0 Å². The van der Waals surface area contributed by atoms with Crippen molar-refractivity contribution in [2.45, 2.75) is 38.6 Å². The molecule has 1 atom stereocenters. The van der Waals surface area contributed by atoms with Gasteiger partial charge in [0.1, 0.15) is 11.0 Å². The van der Waals surface area contributed by atoms with Crippen molar-refractivity contribution < 1.29 is 4.79 Å². The third kappa shape index (κ3) is 3.15. The maximum atomic E-state index is 12.6. The summed E-state index contributed by atoms with van der Waals surface area (Å²) < 4.78 is 0. The van der Waals surface area contributed by atoms with Crippen LogP contribution in [-0.2, 0) is 4.79 Å². The average Bonchev–Trinajstić information content (AvgIpc) is 3.20. The van der Waals surface area contributed by atoms with Gasteiger partial charge in [0.05, 0.1) is 0 Å². The number of carbonyl (C=O) groups is 1. The summed E-state index contributed by atoms with van der Waals surface area (Å²) in [7, 11) is 0. The van der Waals surface area contributed by atoms with Crippen LogP contribution < -0.4 is 5.32 Å². The van der Waals surface area contributed by atoms with E-state index in [0.717, 1.165) is 23.7 Å². The molecule has 2 aliphatic rings. The number of anilines is 1. The molecular weight excluding hydrogens is 320 g/mol. The van der Waals surface area contributed by atoms with E-state index in [2.05, 4.69) is 15.5 Å². The summed E-state index contributed by atoms with van der Waals surface area (Å²) in [6.07, 6.45) is 5.05. The van der Waals surface area contributed by atoms with Gasteiger partial charge in [-0.3, -0.25) is 4.79 Å². The molecule has 126 valence electrons. The Hall–Kier alpha value is -1.95. The number of rotatable bonds is 4. The van der Waals surface area contributed by atoms with Gasteiger partial charge in [-0.15, -0.1) is 10.2 Å². The van der Waals surface area contributed by atoms with Gasteiger partial charge < -0.3 is 10.2 Å². The van der Waals surface area contributed by atoms with E-state index in [1.165, 1.54) is 37.0 Å². The van der Waals surface area contributed by atoms with E-state index in [1.807, 2.05) is 42.2 Å². The summed E-state index contributed by atoms with van der Waals surface area (Å²) in [4.78, 5) is 14.6. The quantitative estimate of drug-likeness (QED) is 0.925. The van der Waals surface area contributed by atoms with Crippen LogP contribution in [-0.4, -0.2) is 40.1 Å². The highest BCUT2D eigenvalue weighted by molar-refractivity contribution is 7.18. The van der Waals surface area contributed by atoms with Crippen LogP contribution in [0.1, 0.15) is 32.6 Å². The summed E-state index contributed by atoms with van der Waals surface area (Å²) in [5.41, 5.74) is 1.64. The number of benzene rings is 1. The lowest BCUT2D eigenvalue weighted by Gasteiger charge is -2.33. The molecule has 1 amide bonds. The minimum absolute atomic E-state index is 0.168. The largest absolute Gasteiger partial charge is 0.349 e. The molecule has 2 aromatic rings. The van der Waals surface area contributed by atoms with Crippen LogP contribution in [0.5, 0.6) is 0 Å². The van der Waals surface area contributed by atoms with Crippen molar-refractivity contribution in [1.82, 2.24) is 15.1 Å². The number of amides is 1. The summed E-state index contributed by atoms with van der Waals surface area (Å²) in [5, 5.41) is 13.2. The lowest BCUT2D eigenvalue weighted by molar-refractivity contribution is -0.133. The molecule has 1 aliphatic carbocycles. The first-order chi connectivity index (χ1) is 11.7. The average molecular weight is 342 g/mol. The second-order valence-corrected chi connectivity index (χ2v) is 7.95. The molecular formula is C18H22N4OS. The van der Waals surface area contributed by atoms with Gasteiger partial charge in [-0.1, -0.05) is 41.7 Å². The Morgan fingerprint density at radius 2 is 1.88 bits per heavy atom. The molecule has 1 saturated carbocycles. The van der Waals surface area contributed by atoms with E-state index in [-0.39, 0.29) is 11.9 Å². The normalized spacial score (nSPS) is 20.0. The molecule has 1 aromatic carbocycles. The number of hydrogen-bond acceptors (Lipinski definition) is 5. The molecule has 0 bridgehead atoms. The number of aromatic nitrogens is 2. The van der Waals surface area contributed by atoms with Crippen molar-refractivity contribution in [3.05, 3.63) is 30.3 Å². The highest BCUT2D eigenvalue weighted by atomic mass is 32.1. The van der Waals surface area contributed by atoms with Crippen molar-refractivity contribution in [3.63, 3.8) is 0 Å². The van der Waals surface area contributed by atoms with Crippen LogP contribution in [0.2, 0.25) is 0 Å². The van der Waals surface area contributed by atoms with Crippen LogP contribution in [0, 0.1) is 5.41 Å². The van der Waals surface area contributed by atoms with Crippen LogP contribution in [0.4, 0.5) is 5.13 Å². The summed E-state index contributed by atoms with van der Waals surface area (Å²) >= 11 is 1.48. The van der Waals surface area contributed by atoms with E-state index in [9.17, 15) is 4.79 Å². The van der Waals surface area contributed by atoms with Gasteiger partial charge in [-0.25, -0.2) is 0 Å². The van der Waals surface area contributed by atoms with Gasteiger partial charge in [0.15, 0.2) is 0 Å². The number of nitrogens with one attached hydrogen (secondary N) is 1. The van der Waals surface area contributed by atoms with Crippen LogP contribution in [0.3, 0.4) is 0 Å². The molecule has 0 radical (unpaired) electrons. The van der Waals surface area contributed by atoms with E-state index in [0.29, 0.717) is 10.5 Å². The zero-order chi connectivity index (χ0) is 16.6. The second-order valence-electron chi connectivity index (χ2n) is 6.97. The maximum Gasteiger partial charge on any atom is 0.244 e. The molecule has 1 saturated heterocycles. The molecule has 4 rings (SSSR count). The van der Waals surface area contributed by atoms with E-state index < -0.39 is 0 Å². The Morgan fingerprint density at radius 3 is 2.54 bits per heavy atom. The summed E-state index contributed by atoms with van der Waals surface area (Å²) in [5.74, 6) is 0.168. The number of hydrogen-bond donors (Lipinski definition) is 1. The molecule has 1 unspecified atom stereocenters. The lowest BCUT2D eigenvalue weighted by atomic mass is 9.93. The van der Waals surface area contributed by atoms with Crippen LogP contribution in [0.25, 0.3) is 10.6 Å². The first kappa shape index (κ1) is 15.6. The smallest absolute Gasteiger partial charge is 0.244 e. The van der Waals surface area contributed by atoms with Crippen LogP contribution in [0.15, 0.2) is 30.3 Å². The Bertz CT molecular complexity index is 716. The lowest BCUT2D eigenvalue weighted by Crippen LogP contribution is -2.45. The first-order valence-corrected chi connectivity index (χ1v) is 9.41. The molecule has 2 heterocycles. The number of likely N-dealkylation sites (tertiary alicyclic amines) is 1. The molecule has 24 heavy (non-hydrogen) atoms. The number of nitrogens with zero attached hydrogens (tertiary/aromatic N) is 3. The standard InChI is InChI=1S/C18H22N4OS/c1-13(16(23)22-11-9-18(7-8-18)10-12-22)19-17-21-20-15(24-17)14-5-3-2-4-6-14/h2-6,13H,7-12H2,1H3,(H,19,21). The van der Waals surface area contributed by atoms with Gasteiger partial charge in [-0.05, 0) is 38.0 Å². The Morgan fingerprint density at radius 1 is 1.17 bits per heavy atom. The Balaban J connectivity index is 1.36. The monoisotopic (exact) mass is 342 g/mol. The van der Waals surface area contributed by atoms with Crippen molar-refractivity contribution in [1.29, 1.82) is 0 Å². The van der Waals surface area contributed by atoms with E-state index >= 15 is 0 Å². The summed E-state index contributed by atoms with van der Waals surface area (Å²) in [6, 6.07) is 9.71. The van der Waals surface area contributed by atoms with Gasteiger partial charge >= 0.3 is 0 Å². The van der Waals surface area contributed by atoms with Gasteiger partial charge in [-0.2, -0.15) is 0 Å². The first-order valence-electron chi connectivity index (χ1n) is 8.60. The number of piperidine rings is 1. The number of carbonyl (C=O) groups excluding carboxylic acids is 1. The van der Waals surface area contributed by atoms with Crippen molar-refractivity contribution >= 4 is 22.4 Å². The fraction of sp³-hybridized carbons (Fsp3) is 0.500. The summed E-state index contributed by atoms with van der Waals surface area (Å²) in [6.45, 7) is 3.71. The van der Waals surface area contributed by atoms with Crippen molar-refractivity contribution in [2.24, 2.45) is 5.41 Å². The topological polar surface area (TPSA) is 58.1 Å². The zero-order valence-electron chi connectivity index (χ0n) is 13.9. The minimum Gasteiger partial charge on any atom is -0.349 e. The molecule has 1 spiro atoms. The minimum atomic E-state index is -0.269. The predicted octanol–water partition coefficient (Wildman–Crippen LogP) is 3.41. The molecule has 2 fully saturated rings. The maximum absolute atomic E-state index is 12.6. The molecule has 5 nitrogen and oxygen atoms in total. The van der Waals surface area contributed by atoms with Crippen molar-refractivity contribution in [3.8, 4) is 10.6 Å². The SMILES string of the molecule is CC(Nc1nnc(-c2ccccc2)s1)C(=O)N1CCC2(CC1)CC2. The molecule has 1 N–H and O–H groups in total. The zero-order valence-corrected chi connectivity index (χ0v) is 14.7. The predicted molar refractivity (Wildman–Crippen MR) is 95.9 cm³/mol. The highest BCUT2D eigenvalue weighted by Gasteiger charge is 2.45. The van der Waals surface area contributed by atoms with Gasteiger partial charge in [0, 0.05) is 18.7 Å². The third-order valence-corrected chi connectivity index (χ3v) is 6.15. The Labute approximate surface area is 146 Å².